The lowest BCUT2D eigenvalue weighted by atomic mass is 9.83. The van der Waals surface area contributed by atoms with Crippen molar-refractivity contribution < 1.29 is 35.9 Å². The number of likely N-dealkylation sites (tertiary alicyclic amines) is 2. The molecule has 40 heavy (non-hydrogen) atoms. The molecule has 3 aliphatic rings. The van der Waals surface area contributed by atoms with E-state index in [4.69, 9.17) is 16.3 Å². The highest BCUT2D eigenvalue weighted by molar-refractivity contribution is 6.30. The summed E-state index contributed by atoms with van der Waals surface area (Å²) in [7, 11) is 0. The first-order valence-corrected chi connectivity index (χ1v) is 14.0. The number of piperidine rings is 2. The minimum Gasteiger partial charge on any atom is -0.378 e. The molecule has 1 amide bonds. The van der Waals surface area contributed by atoms with Crippen molar-refractivity contribution in [2.24, 2.45) is 5.92 Å². The number of carbonyl (C=O) groups is 1. The van der Waals surface area contributed by atoms with E-state index in [9.17, 15) is 31.1 Å². The molecule has 0 spiro atoms. The van der Waals surface area contributed by atoms with E-state index in [1.807, 2.05) is 12.1 Å². The SMILES string of the molecule is O=C(c1cc(C(F)(F)F)cc(C(F)(F)F)c1)N1CCC(N2CCC(OCC3CC3)CC2)C(c2ccc(Cl)cc2)C1. The van der Waals surface area contributed by atoms with Crippen LogP contribution in [0, 0.1) is 5.92 Å². The van der Waals surface area contributed by atoms with Gasteiger partial charge in [0.05, 0.1) is 17.2 Å². The summed E-state index contributed by atoms with van der Waals surface area (Å²) in [6.07, 6.45) is -5.04. The van der Waals surface area contributed by atoms with E-state index in [1.165, 1.54) is 17.7 Å². The first-order valence-electron chi connectivity index (χ1n) is 13.6. The normalized spacial score (nSPS) is 23.4. The largest absolute Gasteiger partial charge is 0.416 e. The van der Waals surface area contributed by atoms with Gasteiger partial charge in [0.25, 0.3) is 5.91 Å². The molecule has 0 N–H and O–H groups in total. The van der Waals surface area contributed by atoms with E-state index in [0.29, 0.717) is 29.5 Å². The number of amides is 1. The Kier molecular flexibility index (Phi) is 8.42. The van der Waals surface area contributed by atoms with E-state index < -0.39 is 35.0 Å². The second-order valence-corrected chi connectivity index (χ2v) is 11.5. The Morgan fingerprint density at radius 2 is 1.45 bits per heavy atom. The molecule has 0 bridgehead atoms. The van der Waals surface area contributed by atoms with Gasteiger partial charge in [-0.15, -0.1) is 0 Å². The van der Waals surface area contributed by atoms with Crippen LogP contribution in [-0.4, -0.2) is 60.6 Å². The van der Waals surface area contributed by atoms with Crippen LogP contribution in [0.3, 0.4) is 0 Å². The molecular formula is C29H31ClF6N2O2. The minimum absolute atomic E-state index is 0.0392. The fraction of sp³-hybridized carbons (Fsp3) is 0.552. The van der Waals surface area contributed by atoms with Gasteiger partial charge in [-0.2, -0.15) is 26.3 Å². The number of rotatable bonds is 6. The number of hydrogen-bond donors (Lipinski definition) is 0. The first kappa shape index (κ1) is 29.2. The third kappa shape index (κ3) is 6.94. The summed E-state index contributed by atoms with van der Waals surface area (Å²) < 4.78 is 86.6. The van der Waals surface area contributed by atoms with E-state index in [-0.39, 0.29) is 37.2 Å². The number of alkyl halides is 6. The molecule has 3 fully saturated rings. The minimum atomic E-state index is -5.02. The molecule has 0 radical (unpaired) electrons. The average molecular weight is 589 g/mol. The van der Waals surface area contributed by atoms with Crippen molar-refractivity contribution in [3.8, 4) is 0 Å². The lowest BCUT2D eigenvalue weighted by Crippen LogP contribution is -2.53. The van der Waals surface area contributed by atoms with Crippen LogP contribution in [0.1, 0.15) is 65.1 Å². The van der Waals surface area contributed by atoms with Crippen LogP contribution >= 0.6 is 11.6 Å². The summed E-state index contributed by atoms with van der Waals surface area (Å²) in [5.74, 6) is -0.341. The number of carbonyl (C=O) groups excluding carboxylic acids is 1. The Bertz CT molecular complexity index is 1160. The summed E-state index contributed by atoms with van der Waals surface area (Å²) in [5.41, 5.74) is -2.70. The number of hydrogen-bond acceptors (Lipinski definition) is 3. The zero-order valence-corrected chi connectivity index (χ0v) is 22.5. The molecule has 4 nitrogen and oxygen atoms in total. The van der Waals surface area contributed by atoms with Gasteiger partial charge in [0.2, 0.25) is 0 Å². The van der Waals surface area contributed by atoms with Gasteiger partial charge in [0.15, 0.2) is 0 Å². The van der Waals surface area contributed by atoms with Crippen molar-refractivity contribution in [2.75, 3.05) is 32.8 Å². The van der Waals surface area contributed by atoms with Crippen LogP contribution in [0.15, 0.2) is 42.5 Å². The van der Waals surface area contributed by atoms with Gasteiger partial charge >= 0.3 is 12.4 Å². The predicted octanol–water partition coefficient (Wildman–Crippen LogP) is 7.27. The second-order valence-electron chi connectivity index (χ2n) is 11.1. The summed E-state index contributed by atoms with van der Waals surface area (Å²) >= 11 is 6.10. The predicted molar refractivity (Wildman–Crippen MR) is 138 cm³/mol. The Labute approximate surface area is 234 Å². The van der Waals surface area contributed by atoms with Crippen LogP contribution in [0.25, 0.3) is 0 Å². The Hall–Kier alpha value is -2.30. The highest BCUT2D eigenvalue weighted by Crippen LogP contribution is 2.38. The maximum absolute atomic E-state index is 13.4. The van der Waals surface area contributed by atoms with Gasteiger partial charge in [-0.1, -0.05) is 23.7 Å². The van der Waals surface area contributed by atoms with Crippen molar-refractivity contribution in [1.82, 2.24) is 9.80 Å². The summed E-state index contributed by atoms with van der Waals surface area (Å²) in [6.45, 7) is 2.84. The van der Waals surface area contributed by atoms with Gasteiger partial charge < -0.3 is 9.64 Å². The molecule has 2 saturated heterocycles. The standard InChI is InChI=1S/C29H31ClF6N2O2/c30-23-5-3-19(4-6-23)25-16-38(12-9-26(25)37-10-7-24(8-11-37)40-17-18-1-2-18)27(39)20-13-21(28(31,32)33)15-22(14-20)29(34,35)36/h3-6,13-15,18,24-26H,1-2,7-12,16-17H2. The molecule has 2 unspecified atom stereocenters. The fourth-order valence-corrected chi connectivity index (χ4v) is 5.92. The smallest absolute Gasteiger partial charge is 0.378 e. The molecule has 5 rings (SSSR count). The first-order chi connectivity index (χ1) is 18.9. The molecule has 2 aromatic carbocycles. The lowest BCUT2D eigenvalue weighted by molar-refractivity contribution is -0.143. The zero-order valence-electron chi connectivity index (χ0n) is 21.8. The maximum atomic E-state index is 13.4. The molecule has 11 heteroatoms. The van der Waals surface area contributed by atoms with Crippen molar-refractivity contribution in [2.45, 2.75) is 62.5 Å². The Morgan fingerprint density at radius 1 is 0.850 bits per heavy atom. The summed E-state index contributed by atoms with van der Waals surface area (Å²) in [5, 5.41) is 0.543. The number of halogens is 7. The van der Waals surface area contributed by atoms with Gasteiger partial charge in [0.1, 0.15) is 0 Å². The lowest BCUT2D eigenvalue weighted by Gasteiger charge is -2.46. The van der Waals surface area contributed by atoms with Gasteiger partial charge in [0, 0.05) is 55.3 Å². The van der Waals surface area contributed by atoms with E-state index in [0.717, 1.165) is 38.1 Å². The van der Waals surface area contributed by atoms with Crippen LogP contribution in [-0.2, 0) is 17.1 Å². The van der Waals surface area contributed by atoms with Crippen LogP contribution in [0.2, 0.25) is 5.02 Å². The molecule has 0 aromatic heterocycles. The molecule has 2 heterocycles. The highest BCUT2D eigenvalue weighted by Gasteiger charge is 2.40. The summed E-state index contributed by atoms with van der Waals surface area (Å²) in [4.78, 5) is 17.1. The summed E-state index contributed by atoms with van der Waals surface area (Å²) in [6, 6.07) is 8.33. The van der Waals surface area contributed by atoms with Gasteiger partial charge in [-0.25, -0.2) is 0 Å². The maximum Gasteiger partial charge on any atom is 0.416 e. The average Bonchev–Trinajstić information content (AvgIpc) is 3.75. The molecular weight excluding hydrogens is 558 g/mol. The van der Waals surface area contributed by atoms with Crippen molar-refractivity contribution in [3.63, 3.8) is 0 Å². The van der Waals surface area contributed by atoms with Crippen LogP contribution in [0.5, 0.6) is 0 Å². The molecule has 1 saturated carbocycles. The quantitative estimate of drug-likeness (QED) is 0.333. The highest BCUT2D eigenvalue weighted by atomic mass is 35.5. The van der Waals surface area contributed by atoms with Crippen molar-refractivity contribution in [3.05, 3.63) is 69.7 Å². The monoisotopic (exact) mass is 588 g/mol. The third-order valence-corrected chi connectivity index (χ3v) is 8.46. The third-order valence-electron chi connectivity index (χ3n) is 8.21. The number of ether oxygens (including phenoxy) is 1. The van der Waals surface area contributed by atoms with E-state index >= 15 is 0 Å². The van der Waals surface area contributed by atoms with Crippen LogP contribution in [0.4, 0.5) is 26.3 Å². The molecule has 1 aliphatic carbocycles. The Morgan fingerprint density at radius 3 is 2.00 bits per heavy atom. The van der Waals surface area contributed by atoms with Crippen molar-refractivity contribution >= 4 is 17.5 Å². The topological polar surface area (TPSA) is 32.8 Å². The van der Waals surface area contributed by atoms with E-state index in [1.54, 1.807) is 12.1 Å². The molecule has 2 aliphatic heterocycles. The number of nitrogens with zero attached hydrogens (tertiary/aromatic N) is 2. The van der Waals surface area contributed by atoms with Crippen molar-refractivity contribution in [1.29, 1.82) is 0 Å². The Balaban J connectivity index is 1.35. The molecule has 2 atom stereocenters. The number of benzene rings is 2. The van der Waals surface area contributed by atoms with E-state index in [2.05, 4.69) is 4.90 Å². The molecule has 2 aromatic rings. The zero-order chi connectivity index (χ0) is 28.7. The van der Waals surface area contributed by atoms with Gasteiger partial charge in [-0.05, 0) is 73.9 Å². The van der Waals surface area contributed by atoms with Crippen LogP contribution < -0.4 is 0 Å². The van der Waals surface area contributed by atoms with Gasteiger partial charge in [-0.3, -0.25) is 9.69 Å². The molecule has 218 valence electrons. The fourth-order valence-electron chi connectivity index (χ4n) is 5.79. The second kappa shape index (κ2) is 11.5.